The summed E-state index contributed by atoms with van der Waals surface area (Å²) in [5.41, 5.74) is 0.824. The Morgan fingerprint density at radius 1 is 0.850 bits per heavy atom. The molecule has 0 saturated carbocycles. The molecule has 4 aromatic rings. The van der Waals surface area contributed by atoms with Crippen LogP contribution in [0, 0.1) is 6.92 Å². The highest BCUT2D eigenvalue weighted by molar-refractivity contribution is 5.90. The van der Waals surface area contributed by atoms with E-state index >= 15 is 0 Å². The fraction of sp³-hybridized carbons (Fsp3) is 0.233. The number of hydrogen-bond donors (Lipinski definition) is 2. The largest absolute Gasteiger partial charge is 0.461 e. The highest BCUT2D eigenvalue weighted by atomic mass is 16.7. The van der Waals surface area contributed by atoms with Crippen molar-refractivity contribution in [3.8, 4) is 5.75 Å². The van der Waals surface area contributed by atoms with Crippen molar-refractivity contribution >= 4 is 22.9 Å². The van der Waals surface area contributed by atoms with Crippen LogP contribution in [0.2, 0.25) is 0 Å². The molecule has 10 heteroatoms. The van der Waals surface area contributed by atoms with E-state index in [0.717, 1.165) is 0 Å². The van der Waals surface area contributed by atoms with Crippen LogP contribution < -0.4 is 10.4 Å². The Labute approximate surface area is 228 Å². The number of esters is 2. The van der Waals surface area contributed by atoms with E-state index in [1.807, 2.05) is 0 Å². The van der Waals surface area contributed by atoms with Gasteiger partial charge < -0.3 is 33.6 Å². The second kappa shape index (κ2) is 11.7. The summed E-state index contributed by atoms with van der Waals surface area (Å²) in [5, 5.41) is 21.6. The van der Waals surface area contributed by atoms with Gasteiger partial charge in [-0.25, -0.2) is 14.4 Å². The van der Waals surface area contributed by atoms with E-state index in [0.29, 0.717) is 10.9 Å². The first kappa shape index (κ1) is 27.1. The predicted octanol–water partition coefficient (Wildman–Crippen LogP) is 3.01. The Balaban J connectivity index is 1.50. The van der Waals surface area contributed by atoms with Crippen LogP contribution in [0.1, 0.15) is 26.3 Å². The maximum absolute atomic E-state index is 13.1. The highest BCUT2D eigenvalue weighted by Crippen LogP contribution is 2.31. The van der Waals surface area contributed by atoms with Crippen molar-refractivity contribution in [2.75, 3.05) is 6.61 Å². The van der Waals surface area contributed by atoms with Crippen LogP contribution >= 0.6 is 0 Å². The fourth-order valence-corrected chi connectivity index (χ4v) is 4.44. The first-order valence-electron chi connectivity index (χ1n) is 12.5. The van der Waals surface area contributed by atoms with Crippen molar-refractivity contribution in [3.63, 3.8) is 0 Å². The maximum atomic E-state index is 13.1. The van der Waals surface area contributed by atoms with Crippen LogP contribution in [0.4, 0.5) is 0 Å². The van der Waals surface area contributed by atoms with Gasteiger partial charge in [0, 0.05) is 17.5 Å². The minimum Gasteiger partial charge on any atom is -0.461 e. The number of aliphatic hydroxyl groups excluding tert-OH is 2. The van der Waals surface area contributed by atoms with E-state index in [1.54, 1.807) is 55.5 Å². The Kier molecular flexibility index (Phi) is 7.92. The lowest BCUT2D eigenvalue weighted by Crippen LogP contribution is -2.62. The van der Waals surface area contributed by atoms with Gasteiger partial charge in [0.25, 0.3) is 0 Å². The molecular formula is C30H26O10. The number of carbonyl (C=O) groups is 2. The van der Waals surface area contributed by atoms with E-state index in [-0.39, 0.29) is 22.5 Å². The number of benzene rings is 3. The Bertz CT molecular complexity index is 1550. The van der Waals surface area contributed by atoms with E-state index < -0.39 is 54.9 Å². The maximum Gasteiger partial charge on any atom is 0.338 e. The molecule has 1 aliphatic heterocycles. The second-order valence-corrected chi connectivity index (χ2v) is 9.21. The zero-order valence-electron chi connectivity index (χ0n) is 21.3. The summed E-state index contributed by atoms with van der Waals surface area (Å²) in [6.07, 6.45) is -7.18. The molecule has 5 atom stereocenters. The molecule has 10 nitrogen and oxygen atoms in total. The van der Waals surface area contributed by atoms with Gasteiger partial charge in [-0.15, -0.1) is 0 Å². The van der Waals surface area contributed by atoms with Crippen molar-refractivity contribution in [2.24, 2.45) is 0 Å². The van der Waals surface area contributed by atoms with Crippen molar-refractivity contribution in [1.82, 2.24) is 0 Å². The molecule has 0 radical (unpaired) electrons. The van der Waals surface area contributed by atoms with Gasteiger partial charge in [-0.1, -0.05) is 36.4 Å². The van der Waals surface area contributed by atoms with Crippen LogP contribution in [-0.2, 0) is 14.2 Å². The zero-order chi connectivity index (χ0) is 28.2. The average molecular weight is 547 g/mol. The molecule has 2 heterocycles. The van der Waals surface area contributed by atoms with E-state index in [2.05, 4.69) is 0 Å². The van der Waals surface area contributed by atoms with Gasteiger partial charge in [0.05, 0.1) is 17.7 Å². The molecule has 2 N–H and O–H groups in total. The molecule has 206 valence electrons. The van der Waals surface area contributed by atoms with Crippen molar-refractivity contribution < 1.29 is 43.2 Å². The number of hydrogen-bond acceptors (Lipinski definition) is 10. The standard InChI is InChI=1S/C30H26O10/c1-17-14-24(32)37-22-15-20(12-13-21(17)22)36-30-27(40-29(35)19-10-6-3-7-11-19)26(25(33)23(16-31)38-30)39-28(34)18-8-4-2-5-9-18/h2-15,23,25-27,30-31,33H,16H2,1H3/t23-,25+,26+,27-,30-/m1/s1. The van der Waals surface area contributed by atoms with Gasteiger partial charge in [-0.2, -0.15) is 0 Å². The molecule has 1 aliphatic rings. The van der Waals surface area contributed by atoms with Gasteiger partial charge >= 0.3 is 17.6 Å². The lowest BCUT2D eigenvalue weighted by atomic mass is 9.98. The van der Waals surface area contributed by atoms with Crippen molar-refractivity contribution in [1.29, 1.82) is 0 Å². The number of aliphatic hydroxyl groups is 2. The summed E-state index contributed by atoms with van der Waals surface area (Å²) in [6.45, 7) is 1.12. The van der Waals surface area contributed by atoms with Gasteiger partial charge in [-0.05, 0) is 48.9 Å². The van der Waals surface area contributed by atoms with Gasteiger partial charge in [0.1, 0.15) is 23.5 Å². The molecule has 0 amide bonds. The summed E-state index contributed by atoms with van der Waals surface area (Å²) < 4.78 is 28.5. The highest BCUT2D eigenvalue weighted by Gasteiger charge is 2.51. The van der Waals surface area contributed by atoms with Crippen molar-refractivity contribution in [3.05, 3.63) is 112 Å². The minimum atomic E-state index is -1.57. The molecule has 0 aliphatic carbocycles. The lowest BCUT2D eigenvalue weighted by Gasteiger charge is -2.42. The smallest absolute Gasteiger partial charge is 0.338 e. The Morgan fingerprint density at radius 2 is 1.45 bits per heavy atom. The third kappa shape index (κ3) is 5.74. The minimum absolute atomic E-state index is 0.174. The summed E-state index contributed by atoms with van der Waals surface area (Å²) >= 11 is 0. The van der Waals surface area contributed by atoms with E-state index in [9.17, 15) is 24.6 Å². The summed E-state index contributed by atoms with van der Waals surface area (Å²) in [5.74, 6) is -1.39. The topological polar surface area (TPSA) is 142 Å². The monoisotopic (exact) mass is 546 g/mol. The van der Waals surface area contributed by atoms with Crippen LogP contribution in [0.15, 0.2) is 94.1 Å². The van der Waals surface area contributed by atoms with Crippen LogP contribution in [0.3, 0.4) is 0 Å². The zero-order valence-corrected chi connectivity index (χ0v) is 21.3. The number of carbonyl (C=O) groups excluding carboxylic acids is 2. The SMILES string of the molecule is Cc1cc(=O)oc2cc(O[C@@H]3O[C@H](CO)[C@H](O)[C@H](OC(=O)c4ccccc4)[C@H]3OC(=O)c3ccccc3)ccc12. The molecule has 1 fully saturated rings. The molecule has 1 saturated heterocycles. The predicted molar refractivity (Wildman–Crippen MR) is 141 cm³/mol. The Hall–Kier alpha value is -4.51. The number of rotatable bonds is 7. The third-order valence-corrected chi connectivity index (χ3v) is 6.48. The van der Waals surface area contributed by atoms with E-state index in [4.69, 9.17) is 23.4 Å². The van der Waals surface area contributed by atoms with Gasteiger partial charge in [0.15, 0.2) is 6.10 Å². The molecular weight excluding hydrogens is 520 g/mol. The van der Waals surface area contributed by atoms with E-state index in [1.165, 1.54) is 36.4 Å². The fourth-order valence-electron chi connectivity index (χ4n) is 4.44. The van der Waals surface area contributed by atoms with Crippen LogP contribution in [0.5, 0.6) is 5.75 Å². The molecule has 0 bridgehead atoms. The Morgan fingerprint density at radius 3 is 2.05 bits per heavy atom. The first-order valence-corrected chi connectivity index (χ1v) is 12.5. The lowest BCUT2D eigenvalue weighted by molar-refractivity contribution is -0.276. The number of fused-ring (bicyclic) bond motifs is 1. The van der Waals surface area contributed by atoms with Gasteiger partial charge in [-0.3, -0.25) is 0 Å². The van der Waals surface area contributed by atoms with Crippen molar-refractivity contribution in [2.45, 2.75) is 37.6 Å². The van der Waals surface area contributed by atoms with Crippen LogP contribution in [-0.4, -0.2) is 59.5 Å². The molecule has 40 heavy (non-hydrogen) atoms. The van der Waals surface area contributed by atoms with Gasteiger partial charge in [0.2, 0.25) is 12.4 Å². The second-order valence-electron chi connectivity index (χ2n) is 9.21. The molecule has 5 rings (SSSR count). The summed E-state index contributed by atoms with van der Waals surface area (Å²) in [7, 11) is 0. The number of ether oxygens (including phenoxy) is 4. The number of aryl methyl sites for hydroxylation is 1. The molecule has 1 aromatic heterocycles. The molecule has 0 spiro atoms. The third-order valence-electron chi connectivity index (χ3n) is 6.48. The normalized spacial score (nSPS) is 22.4. The summed E-state index contributed by atoms with van der Waals surface area (Å²) in [4.78, 5) is 37.9. The summed E-state index contributed by atoms with van der Waals surface area (Å²) in [6, 6.07) is 22.3. The quantitative estimate of drug-likeness (QED) is 0.262. The molecule has 0 unspecified atom stereocenters. The first-order chi connectivity index (χ1) is 19.3. The average Bonchev–Trinajstić information content (AvgIpc) is 2.96. The van der Waals surface area contributed by atoms with Crippen LogP contribution in [0.25, 0.3) is 11.0 Å². The molecule has 3 aromatic carbocycles.